The highest BCUT2D eigenvalue weighted by molar-refractivity contribution is 5.19. The van der Waals surface area contributed by atoms with E-state index in [-0.39, 0.29) is 0 Å². The summed E-state index contributed by atoms with van der Waals surface area (Å²) >= 11 is 0. The van der Waals surface area contributed by atoms with E-state index in [4.69, 9.17) is 5.11 Å². The molecule has 0 bridgehead atoms. The van der Waals surface area contributed by atoms with Crippen LogP contribution in [0.15, 0.2) is 11.1 Å². The Balaban J connectivity index is 2.00. The summed E-state index contributed by atoms with van der Waals surface area (Å²) in [7, 11) is 0. The number of piperidine rings is 1. The molecule has 1 atom stereocenters. The highest BCUT2D eigenvalue weighted by Gasteiger charge is 2.19. The lowest BCUT2D eigenvalue weighted by Crippen LogP contribution is -2.34. The fraction of sp³-hybridized carbons (Fsp3) is 0.833. The predicted molar refractivity (Wildman–Crippen MR) is 58.2 cm³/mol. The molecule has 2 N–H and O–H groups in total. The van der Waals surface area contributed by atoms with Gasteiger partial charge in [0, 0.05) is 19.7 Å². The van der Waals surface area contributed by atoms with Gasteiger partial charge in [-0.25, -0.2) is 0 Å². The third-order valence-corrected chi connectivity index (χ3v) is 3.52. The standard InChI is InChI=1S/C12H21NO/c14-9-10-6-12(8-13-7-10)11-4-2-1-3-5-11/h10,13-14H,1-9H2. The molecule has 1 saturated carbocycles. The highest BCUT2D eigenvalue weighted by Crippen LogP contribution is 2.29. The maximum atomic E-state index is 9.14. The van der Waals surface area contributed by atoms with Crippen LogP contribution in [-0.4, -0.2) is 24.8 Å². The van der Waals surface area contributed by atoms with Crippen molar-refractivity contribution in [2.75, 3.05) is 19.7 Å². The summed E-state index contributed by atoms with van der Waals surface area (Å²) in [6.07, 6.45) is 7.93. The molecule has 0 aromatic carbocycles. The lowest BCUT2D eigenvalue weighted by Gasteiger charge is -2.27. The number of hydrogen-bond donors (Lipinski definition) is 2. The van der Waals surface area contributed by atoms with E-state index in [1.807, 2.05) is 0 Å². The number of hydrogen-bond acceptors (Lipinski definition) is 2. The summed E-state index contributed by atoms with van der Waals surface area (Å²) < 4.78 is 0. The Bertz CT molecular complexity index is 214. The number of aliphatic hydroxyl groups excluding tert-OH is 1. The SMILES string of the molecule is OCC1CNCC(=C2CCCCC2)C1. The molecule has 1 aliphatic heterocycles. The van der Waals surface area contributed by atoms with Gasteiger partial charge in [-0.05, 0) is 38.0 Å². The average molecular weight is 195 g/mol. The van der Waals surface area contributed by atoms with Gasteiger partial charge in [0.1, 0.15) is 0 Å². The Morgan fingerprint density at radius 3 is 2.64 bits per heavy atom. The minimum absolute atomic E-state index is 0.337. The van der Waals surface area contributed by atoms with Gasteiger partial charge in [0.2, 0.25) is 0 Å². The van der Waals surface area contributed by atoms with Gasteiger partial charge in [0.15, 0.2) is 0 Å². The van der Waals surface area contributed by atoms with Crippen molar-refractivity contribution in [3.63, 3.8) is 0 Å². The molecule has 0 spiro atoms. The molecule has 0 amide bonds. The number of nitrogens with one attached hydrogen (secondary N) is 1. The van der Waals surface area contributed by atoms with Crippen molar-refractivity contribution < 1.29 is 5.11 Å². The van der Waals surface area contributed by atoms with E-state index in [1.165, 1.54) is 32.1 Å². The van der Waals surface area contributed by atoms with Crippen LogP contribution in [0.5, 0.6) is 0 Å². The molecule has 1 unspecified atom stereocenters. The second kappa shape index (κ2) is 4.94. The van der Waals surface area contributed by atoms with Gasteiger partial charge in [0.25, 0.3) is 0 Å². The monoisotopic (exact) mass is 195 g/mol. The Morgan fingerprint density at radius 2 is 1.93 bits per heavy atom. The summed E-state index contributed by atoms with van der Waals surface area (Å²) in [4.78, 5) is 0. The van der Waals surface area contributed by atoms with Gasteiger partial charge in [-0.15, -0.1) is 0 Å². The second-order valence-electron chi connectivity index (χ2n) is 4.65. The van der Waals surface area contributed by atoms with Crippen molar-refractivity contribution in [1.29, 1.82) is 0 Å². The van der Waals surface area contributed by atoms with Gasteiger partial charge in [-0.1, -0.05) is 17.6 Å². The number of allylic oxidation sites excluding steroid dienone is 1. The van der Waals surface area contributed by atoms with Crippen molar-refractivity contribution in [3.8, 4) is 0 Å². The summed E-state index contributed by atoms with van der Waals surface area (Å²) in [5.74, 6) is 0.466. The van der Waals surface area contributed by atoms with Gasteiger partial charge < -0.3 is 10.4 Å². The van der Waals surface area contributed by atoms with E-state index < -0.39 is 0 Å². The Labute approximate surface area is 86.4 Å². The largest absolute Gasteiger partial charge is 0.396 e. The van der Waals surface area contributed by atoms with E-state index in [0.717, 1.165) is 19.5 Å². The lowest BCUT2D eigenvalue weighted by molar-refractivity contribution is 0.213. The lowest BCUT2D eigenvalue weighted by atomic mass is 9.85. The van der Waals surface area contributed by atoms with Crippen LogP contribution in [0, 0.1) is 5.92 Å². The van der Waals surface area contributed by atoms with Gasteiger partial charge >= 0.3 is 0 Å². The maximum Gasteiger partial charge on any atom is 0.0474 e. The van der Waals surface area contributed by atoms with E-state index in [9.17, 15) is 0 Å². The smallest absolute Gasteiger partial charge is 0.0474 e. The number of rotatable bonds is 1. The van der Waals surface area contributed by atoms with Crippen molar-refractivity contribution in [1.82, 2.24) is 5.32 Å². The van der Waals surface area contributed by atoms with Crippen LogP contribution < -0.4 is 5.32 Å². The molecule has 14 heavy (non-hydrogen) atoms. The second-order valence-corrected chi connectivity index (χ2v) is 4.65. The molecule has 1 aliphatic carbocycles. The Kier molecular flexibility index (Phi) is 3.60. The molecule has 2 nitrogen and oxygen atoms in total. The van der Waals surface area contributed by atoms with Crippen LogP contribution in [0.25, 0.3) is 0 Å². The molecule has 1 saturated heterocycles. The van der Waals surface area contributed by atoms with Crippen molar-refractivity contribution in [2.45, 2.75) is 38.5 Å². The highest BCUT2D eigenvalue weighted by atomic mass is 16.3. The van der Waals surface area contributed by atoms with Gasteiger partial charge in [-0.2, -0.15) is 0 Å². The van der Waals surface area contributed by atoms with Gasteiger partial charge in [0.05, 0.1) is 0 Å². The first-order chi connectivity index (χ1) is 6.90. The van der Waals surface area contributed by atoms with Crippen LogP contribution in [-0.2, 0) is 0 Å². The molecular formula is C12H21NO. The fourth-order valence-electron chi connectivity index (χ4n) is 2.65. The molecule has 2 aliphatic rings. The minimum atomic E-state index is 0.337. The van der Waals surface area contributed by atoms with Crippen LogP contribution in [0.3, 0.4) is 0 Å². The molecule has 0 radical (unpaired) electrons. The van der Waals surface area contributed by atoms with Crippen LogP contribution >= 0.6 is 0 Å². The molecular weight excluding hydrogens is 174 g/mol. The molecule has 2 fully saturated rings. The van der Waals surface area contributed by atoms with E-state index in [1.54, 1.807) is 11.1 Å². The Morgan fingerprint density at radius 1 is 1.14 bits per heavy atom. The Hall–Kier alpha value is -0.340. The third-order valence-electron chi connectivity index (χ3n) is 3.52. The molecule has 2 heteroatoms. The predicted octanol–water partition coefficient (Wildman–Crippen LogP) is 1.85. The van der Waals surface area contributed by atoms with Crippen molar-refractivity contribution >= 4 is 0 Å². The zero-order chi connectivity index (χ0) is 9.80. The summed E-state index contributed by atoms with van der Waals surface area (Å²) in [6, 6.07) is 0. The van der Waals surface area contributed by atoms with Crippen molar-refractivity contribution in [3.05, 3.63) is 11.1 Å². The van der Waals surface area contributed by atoms with E-state index in [0.29, 0.717) is 12.5 Å². The van der Waals surface area contributed by atoms with E-state index >= 15 is 0 Å². The third kappa shape index (κ3) is 2.37. The molecule has 0 aromatic rings. The first-order valence-electron chi connectivity index (χ1n) is 5.91. The zero-order valence-electron chi connectivity index (χ0n) is 8.89. The minimum Gasteiger partial charge on any atom is -0.396 e. The molecule has 0 aromatic heterocycles. The number of aliphatic hydroxyl groups is 1. The molecule has 2 rings (SSSR count). The quantitative estimate of drug-likeness (QED) is 0.626. The van der Waals surface area contributed by atoms with E-state index in [2.05, 4.69) is 5.32 Å². The zero-order valence-corrected chi connectivity index (χ0v) is 8.89. The fourth-order valence-corrected chi connectivity index (χ4v) is 2.65. The van der Waals surface area contributed by atoms with Crippen LogP contribution in [0.4, 0.5) is 0 Å². The summed E-state index contributed by atoms with van der Waals surface area (Å²) in [5, 5.41) is 12.6. The normalized spacial score (nSPS) is 29.4. The topological polar surface area (TPSA) is 32.3 Å². The first-order valence-corrected chi connectivity index (χ1v) is 5.91. The molecule has 1 heterocycles. The van der Waals surface area contributed by atoms with Gasteiger partial charge in [-0.3, -0.25) is 0 Å². The van der Waals surface area contributed by atoms with Crippen molar-refractivity contribution in [2.24, 2.45) is 5.92 Å². The average Bonchev–Trinajstić information content (AvgIpc) is 2.30. The summed E-state index contributed by atoms with van der Waals surface area (Å²) in [5.41, 5.74) is 3.30. The maximum absolute atomic E-state index is 9.14. The first kappa shape index (κ1) is 10.2. The molecule has 80 valence electrons. The van der Waals surface area contributed by atoms with Crippen LogP contribution in [0.1, 0.15) is 38.5 Å². The summed E-state index contributed by atoms with van der Waals surface area (Å²) in [6.45, 7) is 2.41. The van der Waals surface area contributed by atoms with Crippen LogP contribution in [0.2, 0.25) is 0 Å².